The first-order valence-corrected chi connectivity index (χ1v) is 10.1. The van der Waals surface area contributed by atoms with E-state index in [0.29, 0.717) is 35.8 Å². The Morgan fingerprint density at radius 2 is 1.87 bits per heavy atom. The molecule has 0 spiro atoms. The largest absolute Gasteiger partial charge is 0.507 e. The number of aryl methyl sites for hydroxylation is 2. The number of hydrogen-bond donors (Lipinski definition) is 1. The van der Waals surface area contributed by atoms with Crippen LogP contribution in [-0.2, 0) is 9.59 Å². The van der Waals surface area contributed by atoms with Crippen molar-refractivity contribution in [3.8, 4) is 5.75 Å². The van der Waals surface area contributed by atoms with E-state index in [9.17, 15) is 14.7 Å². The number of amides is 1. The maximum atomic E-state index is 13.0. The molecule has 0 unspecified atom stereocenters. The van der Waals surface area contributed by atoms with Crippen molar-refractivity contribution in [2.45, 2.75) is 26.3 Å². The number of methoxy groups -OCH3 is 1. The number of aliphatic hydroxyl groups is 1. The molecule has 1 aliphatic heterocycles. The first-order chi connectivity index (χ1) is 14.7. The zero-order chi connectivity index (χ0) is 22.7. The van der Waals surface area contributed by atoms with Crippen LogP contribution >= 0.6 is 0 Å². The number of aromatic nitrogens is 2. The molecule has 31 heavy (non-hydrogen) atoms. The van der Waals surface area contributed by atoms with E-state index in [1.54, 1.807) is 45.2 Å². The molecule has 1 atom stereocenters. The Morgan fingerprint density at radius 1 is 1.19 bits per heavy atom. The van der Waals surface area contributed by atoms with Gasteiger partial charge in [0.15, 0.2) is 0 Å². The molecule has 1 aromatic carbocycles. The van der Waals surface area contributed by atoms with E-state index >= 15 is 0 Å². The molecule has 1 aromatic heterocycles. The summed E-state index contributed by atoms with van der Waals surface area (Å²) < 4.78 is 5.23. The number of carbonyl (C=O) groups is 2. The smallest absolute Gasteiger partial charge is 0.295 e. The normalized spacial score (nSPS) is 18.1. The fourth-order valence-electron chi connectivity index (χ4n) is 3.76. The van der Waals surface area contributed by atoms with Crippen LogP contribution in [-0.4, -0.2) is 70.9 Å². The van der Waals surface area contributed by atoms with Gasteiger partial charge in [-0.05, 0) is 58.6 Å². The summed E-state index contributed by atoms with van der Waals surface area (Å²) in [4.78, 5) is 37.9. The van der Waals surface area contributed by atoms with Gasteiger partial charge in [0.2, 0.25) is 0 Å². The molecule has 0 radical (unpaired) electrons. The second-order valence-corrected chi connectivity index (χ2v) is 7.84. The van der Waals surface area contributed by atoms with E-state index in [2.05, 4.69) is 9.97 Å². The second-order valence-electron chi connectivity index (χ2n) is 7.84. The van der Waals surface area contributed by atoms with Crippen molar-refractivity contribution in [1.29, 1.82) is 0 Å². The van der Waals surface area contributed by atoms with Gasteiger partial charge in [-0.3, -0.25) is 9.59 Å². The van der Waals surface area contributed by atoms with Gasteiger partial charge in [-0.1, -0.05) is 12.1 Å². The van der Waals surface area contributed by atoms with E-state index in [4.69, 9.17) is 4.74 Å². The van der Waals surface area contributed by atoms with Gasteiger partial charge < -0.3 is 19.6 Å². The predicted octanol–water partition coefficient (Wildman–Crippen LogP) is 2.48. The number of carbonyl (C=O) groups excluding carboxylic acids is 2. The second kappa shape index (κ2) is 9.26. The third-order valence-electron chi connectivity index (χ3n) is 5.33. The van der Waals surface area contributed by atoms with Crippen LogP contribution in [0.15, 0.2) is 36.0 Å². The molecule has 0 aliphatic carbocycles. The zero-order valence-corrected chi connectivity index (χ0v) is 18.5. The zero-order valence-electron chi connectivity index (χ0n) is 18.5. The highest BCUT2D eigenvalue weighted by Crippen LogP contribution is 2.40. The van der Waals surface area contributed by atoms with Gasteiger partial charge in [0.25, 0.3) is 11.7 Å². The maximum absolute atomic E-state index is 13.0. The molecule has 0 bridgehead atoms. The van der Waals surface area contributed by atoms with Crippen LogP contribution in [0.2, 0.25) is 0 Å². The highest BCUT2D eigenvalue weighted by molar-refractivity contribution is 6.46. The van der Waals surface area contributed by atoms with Gasteiger partial charge in [-0.25, -0.2) is 9.97 Å². The molecular weight excluding hydrogens is 396 g/mol. The molecule has 1 amide bonds. The minimum Gasteiger partial charge on any atom is -0.507 e. The van der Waals surface area contributed by atoms with Crippen LogP contribution in [0.25, 0.3) is 5.76 Å². The first kappa shape index (κ1) is 22.4. The lowest BCUT2D eigenvalue weighted by atomic mass is 9.95. The SMILES string of the molecule is COc1ccc([C@@H]2C(=C(O)c3cnc(C)nc3C)C(=O)C(=O)N2CCCN(C)C)cc1. The number of ether oxygens (including phenoxy) is 1. The molecule has 2 heterocycles. The Kier molecular flexibility index (Phi) is 6.70. The number of nitrogens with zero attached hydrogens (tertiary/aromatic N) is 4. The molecule has 8 nitrogen and oxygen atoms in total. The molecule has 0 saturated carbocycles. The summed E-state index contributed by atoms with van der Waals surface area (Å²) in [5.74, 6) is -0.359. The molecule has 3 rings (SSSR count). The summed E-state index contributed by atoms with van der Waals surface area (Å²) >= 11 is 0. The molecular formula is C23H28N4O4. The quantitative estimate of drug-likeness (QED) is 0.414. The number of benzene rings is 1. The van der Waals surface area contributed by atoms with Gasteiger partial charge in [0.1, 0.15) is 17.3 Å². The number of likely N-dealkylation sites (tertiary alicyclic amines) is 1. The van der Waals surface area contributed by atoms with Crippen LogP contribution < -0.4 is 4.74 Å². The van der Waals surface area contributed by atoms with Gasteiger partial charge in [-0.15, -0.1) is 0 Å². The average molecular weight is 425 g/mol. The van der Waals surface area contributed by atoms with E-state index in [0.717, 1.165) is 12.1 Å². The lowest BCUT2D eigenvalue weighted by Gasteiger charge is -2.26. The molecule has 8 heteroatoms. The van der Waals surface area contributed by atoms with Gasteiger partial charge >= 0.3 is 0 Å². The first-order valence-electron chi connectivity index (χ1n) is 10.1. The van der Waals surface area contributed by atoms with Crippen LogP contribution in [0.5, 0.6) is 5.75 Å². The van der Waals surface area contributed by atoms with Crippen molar-refractivity contribution in [2.75, 3.05) is 34.3 Å². The minimum absolute atomic E-state index is 0.0515. The summed E-state index contributed by atoms with van der Waals surface area (Å²) in [6.07, 6.45) is 2.18. The minimum atomic E-state index is -0.705. The number of rotatable bonds is 7. The van der Waals surface area contributed by atoms with E-state index in [1.807, 2.05) is 19.0 Å². The average Bonchev–Trinajstić information content (AvgIpc) is 2.98. The fourth-order valence-corrected chi connectivity index (χ4v) is 3.76. The monoisotopic (exact) mass is 424 g/mol. The Hall–Kier alpha value is -3.26. The number of ketones is 1. The highest BCUT2D eigenvalue weighted by atomic mass is 16.5. The lowest BCUT2D eigenvalue weighted by Crippen LogP contribution is -2.32. The molecule has 1 saturated heterocycles. The van der Waals surface area contributed by atoms with Gasteiger partial charge in [0.05, 0.1) is 30.0 Å². The topological polar surface area (TPSA) is 95.9 Å². The van der Waals surface area contributed by atoms with Crippen molar-refractivity contribution >= 4 is 17.4 Å². The molecule has 1 N–H and O–H groups in total. The van der Waals surface area contributed by atoms with E-state index < -0.39 is 17.7 Å². The summed E-state index contributed by atoms with van der Waals surface area (Å²) in [7, 11) is 5.48. The lowest BCUT2D eigenvalue weighted by molar-refractivity contribution is -0.139. The Morgan fingerprint density at radius 3 is 2.45 bits per heavy atom. The van der Waals surface area contributed by atoms with Crippen LogP contribution in [0, 0.1) is 13.8 Å². The maximum Gasteiger partial charge on any atom is 0.295 e. The van der Waals surface area contributed by atoms with Crippen LogP contribution in [0.4, 0.5) is 0 Å². The predicted molar refractivity (Wildman–Crippen MR) is 117 cm³/mol. The fraction of sp³-hybridized carbons (Fsp3) is 0.391. The van der Waals surface area contributed by atoms with Crippen LogP contribution in [0.1, 0.15) is 35.1 Å². The van der Waals surface area contributed by atoms with Crippen molar-refractivity contribution in [3.63, 3.8) is 0 Å². The number of hydrogen-bond acceptors (Lipinski definition) is 7. The Balaban J connectivity index is 2.11. The molecule has 2 aromatic rings. The molecule has 1 fully saturated rings. The number of aliphatic hydroxyl groups excluding tert-OH is 1. The highest BCUT2D eigenvalue weighted by Gasteiger charge is 2.46. The molecule has 1 aliphatic rings. The van der Waals surface area contributed by atoms with E-state index in [1.165, 1.54) is 11.1 Å². The third kappa shape index (κ3) is 4.59. The van der Waals surface area contributed by atoms with Crippen molar-refractivity contribution < 1.29 is 19.4 Å². The third-order valence-corrected chi connectivity index (χ3v) is 5.33. The summed E-state index contributed by atoms with van der Waals surface area (Å²) in [5.41, 5.74) is 1.65. The summed E-state index contributed by atoms with van der Waals surface area (Å²) in [5, 5.41) is 11.1. The van der Waals surface area contributed by atoms with E-state index in [-0.39, 0.29) is 11.3 Å². The van der Waals surface area contributed by atoms with Crippen molar-refractivity contribution in [1.82, 2.24) is 19.8 Å². The molecule has 164 valence electrons. The summed E-state index contributed by atoms with van der Waals surface area (Å²) in [6, 6.07) is 6.46. The van der Waals surface area contributed by atoms with Gasteiger partial charge in [0, 0.05) is 12.7 Å². The van der Waals surface area contributed by atoms with Crippen LogP contribution in [0.3, 0.4) is 0 Å². The standard InChI is InChI=1S/C23H28N4O4/c1-14-18(13-24-15(2)25-14)21(28)19-20(16-7-9-17(31-5)10-8-16)27(23(30)22(19)29)12-6-11-26(3)4/h7-10,13,20,28H,6,11-12H2,1-5H3/t20-/m1/s1. The summed E-state index contributed by atoms with van der Waals surface area (Å²) in [6.45, 7) is 4.64. The van der Waals surface area contributed by atoms with Crippen molar-refractivity contribution in [3.05, 3.63) is 58.7 Å². The number of Topliss-reactive ketones (excluding diaryl/α,β-unsaturated/α-hetero) is 1. The van der Waals surface area contributed by atoms with Gasteiger partial charge in [-0.2, -0.15) is 0 Å². The van der Waals surface area contributed by atoms with Crippen molar-refractivity contribution in [2.24, 2.45) is 0 Å². The Labute approximate surface area is 182 Å². The Bertz CT molecular complexity index is 1010.